The molecular formula is C19H20N4O4S. The Morgan fingerprint density at radius 1 is 1.25 bits per heavy atom. The van der Waals surface area contributed by atoms with E-state index in [-0.39, 0.29) is 17.9 Å². The highest BCUT2D eigenvalue weighted by Gasteiger charge is 2.19. The topological polar surface area (TPSA) is 115 Å². The highest BCUT2D eigenvalue weighted by atomic mass is 32.1. The summed E-state index contributed by atoms with van der Waals surface area (Å²) >= 11 is 1.18. The normalized spacial score (nSPS) is 11.1. The van der Waals surface area contributed by atoms with E-state index in [1.54, 1.807) is 31.2 Å². The summed E-state index contributed by atoms with van der Waals surface area (Å²) in [5.41, 5.74) is 1.52. The van der Waals surface area contributed by atoms with Crippen molar-refractivity contribution in [3.63, 3.8) is 0 Å². The molecule has 2 aromatic heterocycles. The van der Waals surface area contributed by atoms with Gasteiger partial charge in [-0.15, -0.1) is 11.3 Å². The number of benzene rings is 1. The number of nitrogens with zero attached hydrogens (tertiary/aromatic N) is 2. The van der Waals surface area contributed by atoms with Gasteiger partial charge in [-0.25, -0.2) is 4.98 Å². The van der Waals surface area contributed by atoms with Gasteiger partial charge >= 0.3 is 5.97 Å². The number of nitrogens with one attached hydrogen (secondary N) is 2. The summed E-state index contributed by atoms with van der Waals surface area (Å²) in [5.74, 6) is -0.700. The molecule has 0 aliphatic rings. The van der Waals surface area contributed by atoms with Crippen molar-refractivity contribution < 1.29 is 14.7 Å². The number of carboxylic acids is 1. The van der Waals surface area contributed by atoms with Gasteiger partial charge < -0.3 is 20.3 Å². The number of fused-ring (bicyclic) bond motifs is 1. The first-order valence-corrected chi connectivity index (χ1v) is 9.35. The van der Waals surface area contributed by atoms with Crippen LogP contribution in [0.25, 0.3) is 10.2 Å². The Bertz CT molecular complexity index is 1100. The van der Waals surface area contributed by atoms with Gasteiger partial charge in [0.15, 0.2) is 0 Å². The van der Waals surface area contributed by atoms with Crippen LogP contribution in [-0.2, 0) is 17.8 Å². The highest BCUT2D eigenvalue weighted by molar-refractivity contribution is 7.20. The Morgan fingerprint density at radius 3 is 2.54 bits per heavy atom. The molecule has 3 N–H and O–H groups in total. The minimum Gasteiger partial charge on any atom is -0.481 e. The molecule has 146 valence electrons. The molecule has 3 aromatic rings. The molecule has 2 heterocycles. The standard InChI is InChI=1S/C19H20N4O4S/c1-10-15-17(26)21-13(9-23(2)3)22-19(15)28-16(10)18(27)20-12-6-4-11(5-7-12)8-14(24)25/h4-7H,8-9H2,1-3H3,(H,20,27)(H,24,25)(H,21,22,26). The van der Waals surface area contributed by atoms with Crippen LogP contribution in [0.5, 0.6) is 0 Å². The third-order valence-corrected chi connectivity index (χ3v) is 5.27. The fourth-order valence-corrected chi connectivity index (χ4v) is 3.94. The number of carbonyl (C=O) groups is 2. The number of carbonyl (C=O) groups excluding carboxylic acids is 1. The van der Waals surface area contributed by atoms with Gasteiger partial charge in [-0.3, -0.25) is 14.4 Å². The first kappa shape index (κ1) is 19.7. The van der Waals surface area contributed by atoms with Gasteiger partial charge in [-0.2, -0.15) is 0 Å². The average Bonchev–Trinajstić information content (AvgIpc) is 2.92. The van der Waals surface area contributed by atoms with Gasteiger partial charge in [-0.05, 0) is 44.3 Å². The van der Waals surface area contributed by atoms with Crippen LogP contribution in [0.3, 0.4) is 0 Å². The van der Waals surface area contributed by atoms with Gasteiger partial charge in [-0.1, -0.05) is 12.1 Å². The van der Waals surface area contributed by atoms with Crippen molar-refractivity contribution in [2.75, 3.05) is 19.4 Å². The number of H-pyrrole nitrogens is 1. The molecule has 0 spiro atoms. The minimum absolute atomic E-state index is 0.0760. The average molecular weight is 400 g/mol. The first-order valence-electron chi connectivity index (χ1n) is 8.53. The monoisotopic (exact) mass is 400 g/mol. The molecule has 28 heavy (non-hydrogen) atoms. The van der Waals surface area contributed by atoms with Crippen molar-refractivity contribution >= 4 is 39.1 Å². The molecule has 0 saturated carbocycles. The zero-order valence-electron chi connectivity index (χ0n) is 15.7. The fraction of sp³-hybridized carbons (Fsp3) is 0.263. The highest BCUT2D eigenvalue weighted by Crippen LogP contribution is 2.28. The smallest absolute Gasteiger partial charge is 0.307 e. The SMILES string of the molecule is Cc1c(C(=O)Nc2ccc(CC(=O)O)cc2)sc2nc(CN(C)C)[nH]c(=O)c12. The van der Waals surface area contributed by atoms with Crippen molar-refractivity contribution in [3.05, 3.63) is 56.4 Å². The first-order chi connectivity index (χ1) is 13.2. The van der Waals surface area contributed by atoms with E-state index in [9.17, 15) is 14.4 Å². The van der Waals surface area contributed by atoms with E-state index in [0.717, 1.165) is 0 Å². The number of carboxylic acid groups (broad SMARTS) is 1. The Morgan fingerprint density at radius 2 is 1.93 bits per heavy atom. The van der Waals surface area contributed by atoms with E-state index in [0.29, 0.717) is 44.3 Å². The molecule has 9 heteroatoms. The summed E-state index contributed by atoms with van der Waals surface area (Å²) in [6, 6.07) is 6.61. The number of hydrogen-bond acceptors (Lipinski definition) is 6. The Kier molecular flexibility index (Phi) is 5.57. The van der Waals surface area contributed by atoms with Gasteiger partial charge in [0.25, 0.3) is 11.5 Å². The molecule has 0 fully saturated rings. The summed E-state index contributed by atoms with van der Waals surface area (Å²) in [7, 11) is 3.76. The molecule has 0 radical (unpaired) electrons. The second kappa shape index (κ2) is 7.91. The van der Waals surface area contributed by atoms with Crippen LogP contribution < -0.4 is 10.9 Å². The lowest BCUT2D eigenvalue weighted by Crippen LogP contribution is -2.18. The molecule has 0 aliphatic heterocycles. The number of thiophene rings is 1. The van der Waals surface area contributed by atoms with Gasteiger partial charge in [0.05, 0.1) is 23.2 Å². The quantitative estimate of drug-likeness (QED) is 0.584. The van der Waals surface area contributed by atoms with Crippen molar-refractivity contribution in [3.8, 4) is 0 Å². The van der Waals surface area contributed by atoms with E-state index in [1.165, 1.54) is 11.3 Å². The number of anilines is 1. The van der Waals surface area contributed by atoms with Crippen molar-refractivity contribution in [1.82, 2.24) is 14.9 Å². The molecule has 0 unspecified atom stereocenters. The van der Waals surface area contributed by atoms with Gasteiger partial charge in [0.2, 0.25) is 0 Å². The van der Waals surface area contributed by atoms with Crippen LogP contribution in [-0.4, -0.2) is 45.9 Å². The zero-order chi connectivity index (χ0) is 20.4. The fourth-order valence-electron chi connectivity index (χ4n) is 2.85. The van der Waals surface area contributed by atoms with Gasteiger partial charge in [0.1, 0.15) is 10.7 Å². The Hall–Kier alpha value is -3.04. The molecule has 1 aromatic carbocycles. The van der Waals surface area contributed by atoms with Crippen LogP contribution in [0.2, 0.25) is 0 Å². The van der Waals surface area contributed by atoms with Crippen LogP contribution in [0.1, 0.15) is 26.6 Å². The largest absolute Gasteiger partial charge is 0.481 e. The minimum atomic E-state index is -0.913. The molecule has 0 saturated heterocycles. The summed E-state index contributed by atoms with van der Waals surface area (Å²) < 4.78 is 0. The third-order valence-electron chi connectivity index (χ3n) is 4.09. The lowest BCUT2D eigenvalue weighted by atomic mass is 10.1. The molecule has 0 atom stereocenters. The van der Waals surface area contributed by atoms with Crippen LogP contribution in [0.4, 0.5) is 5.69 Å². The third kappa shape index (κ3) is 4.26. The number of aromatic nitrogens is 2. The van der Waals surface area contributed by atoms with E-state index in [2.05, 4.69) is 15.3 Å². The number of rotatable bonds is 6. The maximum absolute atomic E-state index is 12.7. The van der Waals surface area contributed by atoms with Gasteiger partial charge in [0, 0.05) is 5.69 Å². The number of hydrogen-bond donors (Lipinski definition) is 3. The molecule has 0 bridgehead atoms. The molecule has 8 nitrogen and oxygen atoms in total. The summed E-state index contributed by atoms with van der Waals surface area (Å²) in [5, 5.41) is 12.0. The van der Waals surface area contributed by atoms with Crippen LogP contribution in [0, 0.1) is 6.92 Å². The number of aryl methyl sites for hydroxylation is 1. The van der Waals surface area contributed by atoms with E-state index in [4.69, 9.17) is 5.11 Å². The molecule has 1 amide bonds. The molecule has 0 aliphatic carbocycles. The Balaban J connectivity index is 1.87. The number of aliphatic carboxylic acids is 1. The predicted molar refractivity (Wildman–Crippen MR) is 108 cm³/mol. The number of amides is 1. The number of aromatic amines is 1. The molecular weight excluding hydrogens is 380 g/mol. The van der Waals surface area contributed by atoms with Crippen LogP contribution in [0.15, 0.2) is 29.1 Å². The second-order valence-electron chi connectivity index (χ2n) is 6.71. The van der Waals surface area contributed by atoms with E-state index < -0.39 is 5.97 Å². The molecule has 3 rings (SSSR count). The maximum atomic E-state index is 12.7. The van der Waals surface area contributed by atoms with Crippen LogP contribution >= 0.6 is 11.3 Å². The predicted octanol–water partition coefficient (Wildman–Crippen LogP) is 2.23. The van der Waals surface area contributed by atoms with Crippen molar-refractivity contribution in [2.45, 2.75) is 19.9 Å². The van der Waals surface area contributed by atoms with Crippen molar-refractivity contribution in [2.24, 2.45) is 0 Å². The second-order valence-corrected chi connectivity index (χ2v) is 7.71. The Labute approximate surface area is 164 Å². The lowest BCUT2D eigenvalue weighted by molar-refractivity contribution is -0.136. The summed E-state index contributed by atoms with van der Waals surface area (Å²) in [4.78, 5) is 46.0. The summed E-state index contributed by atoms with van der Waals surface area (Å²) in [6.45, 7) is 2.22. The zero-order valence-corrected chi connectivity index (χ0v) is 16.5. The van der Waals surface area contributed by atoms with E-state index in [1.807, 2.05) is 19.0 Å². The van der Waals surface area contributed by atoms with Crippen molar-refractivity contribution in [1.29, 1.82) is 0 Å². The van der Waals surface area contributed by atoms with E-state index >= 15 is 0 Å². The maximum Gasteiger partial charge on any atom is 0.307 e. The summed E-state index contributed by atoms with van der Waals surface area (Å²) in [6.07, 6.45) is -0.0760. The lowest BCUT2D eigenvalue weighted by Gasteiger charge is -2.07.